The Labute approximate surface area is 200 Å². The monoisotopic (exact) mass is 510 g/mol. The lowest BCUT2D eigenvalue weighted by Gasteiger charge is -2.24. The molecule has 0 aliphatic rings. The Morgan fingerprint density at radius 1 is 1.15 bits per heavy atom. The summed E-state index contributed by atoms with van der Waals surface area (Å²) in [6.07, 6.45) is 0. The van der Waals surface area contributed by atoms with E-state index in [4.69, 9.17) is 4.74 Å². The van der Waals surface area contributed by atoms with Crippen LogP contribution in [-0.4, -0.2) is 43.9 Å². The van der Waals surface area contributed by atoms with Crippen molar-refractivity contribution in [1.29, 1.82) is 0 Å². The molecule has 12 heteroatoms. The second-order valence-electron chi connectivity index (χ2n) is 7.29. The van der Waals surface area contributed by atoms with Crippen LogP contribution in [0.15, 0.2) is 57.8 Å². The van der Waals surface area contributed by atoms with Gasteiger partial charge in [-0.3, -0.25) is 14.4 Å². The number of anilines is 2. The molecule has 33 heavy (non-hydrogen) atoms. The maximum absolute atomic E-state index is 13.4. The fourth-order valence-electron chi connectivity index (χ4n) is 2.64. The van der Waals surface area contributed by atoms with Crippen molar-refractivity contribution >= 4 is 49.8 Å². The van der Waals surface area contributed by atoms with Crippen molar-refractivity contribution in [2.75, 3.05) is 29.0 Å². The van der Waals surface area contributed by atoms with Crippen molar-refractivity contribution in [2.24, 2.45) is 5.92 Å². The molecule has 0 aliphatic carbocycles. The van der Waals surface area contributed by atoms with Crippen LogP contribution >= 0.6 is 23.1 Å². The number of carbonyl (C=O) groups is 1. The Morgan fingerprint density at radius 2 is 1.82 bits per heavy atom. The number of halogens is 1. The van der Waals surface area contributed by atoms with Gasteiger partial charge in [0.25, 0.3) is 10.0 Å². The van der Waals surface area contributed by atoms with Gasteiger partial charge in [-0.05, 0) is 54.4 Å². The van der Waals surface area contributed by atoms with E-state index in [1.807, 2.05) is 0 Å². The van der Waals surface area contributed by atoms with Crippen molar-refractivity contribution in [2.45, 2.75) is 23.1 Å². The molecule has 0 spiro atoms. The van der Waals surface area contributed by atoms with E-state index >= 15 is 0 Å². The number of carbonyl (C=O) groups excluding carboxylic acids is 1. The topological polar surface area (TPSA) is 101 Å². The second-order valence-corrected chi connectivity index (χ2v) is 11.4. The third-order valence-corrected chi connectivity index (χ3v) is 8.43. The molecule has 0 radical (unpaired) electrons. The average molecular weight is 511 g/mol. The van der Waals surface area contributed by atoms with Crippen LogP contribution < -0.4 is 14.4 Å². The van der Waals surface area contributed by atoms with Crippen LogP contribution in [0, 0.1) is 11.7 Å². The molecule has 1 heterocycles. The van der Waals surface area contributed by atoms with Crippen molar-refractivity contribution in [3.05, 3.63) is 54.3 Å². The number of amides is 1. The van der Waals surface area contributed by atoms with E-state index in [0.29, 0.717) is 16.0 Å². The molecule has 0 bridgehead atoms. The number of thioether (sulfide) groups is 1. The van der Waals surface area contributed by atoms with Gasteiger partial charge in [0.05, 0.1) is 17.7 Å². The van der Waals surface area contributed by atoms with Gasteiger partial charge in [0.2, 0.25) is 11.0 Å². The number of nitrogens with zero attached hydrogens (tertiary/aromatic N) is 3. The standard InChI is InChI=1S/C21H23FN4O4S3/c1-14(2)13-31-21-25-24-20(32-21)23-19(27)12-26(16-6-4-15(22)5-7-16)33(28,29)18-10-8-17(30-3)9-11-18/h4-11,14H,12-13H2,1-3H3,(H,23,24,27). The first-order valence-electron chi connectivity index (χ1n) is 9.87. The van der Waals surface area contributed by atoms with Crippen LogP contribution in [0.4, 0.5) is 15.2 Å². The van der Waals surface area contributed by atoms with Gasteiger partial charge in [0.1, 0.15) is 18.1 Å². The number of rotatable bonds is 10. The zero-order chi connectivity index (χ0) is 24.0. The van der Waals surface area contributed by atoms with E-state index in [0.717, 1.165) is 22.2 Å². The minimum absolute atomic E-state index is 0.0382. The van der Waals surface area contributed by atoms with E-state index in [2.05, 4.69) is 29.4 Å². The van der Waals surface area contributed by atoms with E-state index < -0.39 is 28.3 Å². The number of benzene rings is 2. The van der Waals surface area contributed by atoms with E-state index in [1.165, 1.54) is 66.6 Å². The summed E-state index contributed by atoms with van der Waals surface area (Å²) in [7, 11) is -2.66. The van der Waals surface area contributed by atoms with Gasteiger partial charge >= 0.3 is 0 Å². The first-order chi connectivity index (χ1) is 15.7. The average Bonchev–Trinajstić information content (AvgIpc) is 3.24. The highest BCUT2D eigenvalue weighted by Gasteiger charge is 2.28. The Hall–Kier alpha value is -2.70. The molecule has 1 N–H and O–H groups in total. The summed E-state index contributed by atoms with van der Waals surface area (Å²) in [6, 6.07) is 10.6. The summed E-state index contributed by atoms with van der Waals surface area (Å²) in [6.45, 7) is 3.64. The number of sulfonamides is 1. The molecule has 1 aromatic heterocycles. The van der Waals surface area contributed by atoms with Gasteiger partial charge in [0, 0.05) is 5.75 Å². The minimum atomic E-state index is -4.13. The number of nitrogens with one attached hydrogen (secondary N) is 1. The van der Waals surface area contributed by atoms with Crippen molar-refractivity contribution < 1.29 is 22.3 Å². The SMILES string of the molecule is COc1ccc(S(=O)(=O)N(CC(=O)Nc2nnc(SCC(C)C)s2)c2ccc(F)cc2)cc1. The van der Waals surface area contributed by atoms with Gasteiger partial charge in [-0.1, -0.05) is 36.9 Å². The van der Waals surface area contributed by atoms with Crippen LogP contribution in [0.25, 0.3) is 0 Å². The molecule has 0 saturated heterocycles. The smallest absolute Gasteiger partial charge is 0.264 e. The quantitative estimate of drug-likeness (QED) is 0.321. The summed E-state index contributed by atoms with van der Waals surface area (Å²) in [5.41, 5.74) is 0.146. The third kappa shape index (κ3) is 6.65. The van der Waals surface area contributed by atoms with Crippen molar-refractivity contribution in [3.8, 4) is 5.75 Å². The first kappa shape index (κ1) is 24.9. The lowest BCUT2D eigenvalue weighted by Crippen LogP contribution is -2.38. The third-order valence-electron chi connectivity index (χ3n) is 4.24. The maximum atomic E-state index is 13.4. The van der Waals surface area contributed by atoms with Gasteiger partial charge in [0.15, 0.2) is 4.34 Å². The van der Waals surface area contributed by atoms with Crippen LogP contribution in [0.2, 0.25) is 0 Å². The largest absolute Gasteiger partial charge is 0.497 e. The molecule has 0 aliphatic heterocycles. The number of methoxy groups -OCH3 is 1. The molecule has 3 rings (SSSR count). The molecule has 0 fully saturated rings. The summed E-state index contributed by atoms with van der Waals surface area (Å²) in [4.78, 5) is 12.7. The zero-order valence-corrected chi connectivity index (χ0v) is 20.6. The minimum Gasteiger partial charge on any atom is -0.497 e. The highest BCUT2D eigenvalue weighted by Crippen LogP contribution is 2.28. The molecule has 176 valence electrons. The highest BCUT2D eigenvalue weighted by molar-refractivity contribution is 8.01. The fourth-order valence-corrected chi connectivity index (χ4v) is 5.81. The molecule has 2 aromatic carbocycles. The Kier molecular flexibility index (Phi) is 8.27. The number of hydrogen-bond acceptors (Lipinski definition) is 8. The van der Waals surface area contributed by atoms with Crippen LogP contribution in [0.1, 0.15) is 13.8 Å². The first-order valence-corrected chi connectivity index (χ1v) is 13.1. The lowest BCUT2D eigenvalue weighted by molar-refractivity contribution is -0.114. The fraction of sp³-hybridized carbons (Fsp3) is 0.286. The zero-order valence-electron chi connectivity index (χ0n) is 18.2. The lowest BCUT2D eigenvalue weighted by atomic mass is 10.3. The summed E-state index contributed by atoms with van der Waals surface area (Å²) >= 11 is 2.75. The van der Waals surface area contributed by atoms with E-state index in [9.17, 15) is 17.6 Å². The normalized spacial score (nSPS) is 11.4. The summed E-state index contributed by atoms with van der Waals surface area (Å²) < 4.78 is 46.8. The molecule has 8 nitrogen and oxygen atoms in total. The Bertz CT molecular complexity index is 1180. The molecular weight excluding hydrogens is 487 g/mol. The van der Waals surface area contributed by atoms with Gasteiger partial charge < -0.3 is 4.74 Å². The molecular formula is C21H23FN4O4S3. The van der Waals surface area contributed by atoms with Crippen LogP contribution in [0.3, 0.4) is 0 Å². The summed E-state index contributed by atoms with van der Waals surface area (Å²) in [5, 5.41) is 10.8. The van der Waals surface area contributed by atoms with Crippen molar-refractivity contribution in [1.82, 2.24) is 10.2 Å². The number of hydrogen-bond donors (Lipinski definition) is 1. The van der Waals surface area contributed by atoms with Crippen molar-refractivity contribution in [3.63, 3.8) is 0 Å². The molecule has 3 aromatic rings. The maximum Gasteiger partial charge on any atom is 0.264 e. The van der Waals surface area contributed by atoms with Crippen LogP contribution in [-0.2, 0) is 14.8 Å². The number of ether oxygens (including phenoxy) is 1. The Balaban J connectivity index is 1.82. The molecule has 0 atom stereocenters. The highest BCUT2D eigenvalue weighted by atomic mass is 32.2. The molecule has 0 saturated carbocycles. The van der Waals surface area contributed by atoms with Gasteiger partial charge in [-0.2, -0.15) is 0 Å². The van der Waals surface area contributed by atoms with E-state index in [-0.39, 0.29) is 15.7 Å². The second kappa shape index (κ2) is 10.9. The number of aromatic nitrogens is 2. The van der Waals surface area contributed by atoms with Gasteiger partial charge in [-0.15, -0.1) is 10.2 Å². The van der Waals surface area contributed by atoms with Crippen LogP contribution in [0.5, 0.6) is 5.75 Å². The molecule has 1 amide bonds. The Morgan fingerprint density at radius 3 is 2.42 bits per heavy atom. The van der Waals surface area contributed by atoms with Gasteiger partial charge in [-0.25, -0.2) is 12.8 Å². The summed E-state index contributed by atoms with van der Waals surface area (Å²) in [5.74, 6) is 0.700. The predicted octanol–water partition coefficient (Wildman–Crippen LogP) is 4.27. The molecule has 0 unspecified atom stereocenters. The predicted molar refractivity (Wildman–Crippen MR) is 128 cm³/mol. The van der Waals surface area contributed by atoms with E-state index in [1.54, 1.807) is 0 Å².